The van der Waals surface area contributed by atoms with Gasteiger partial charge in [-0.05, 0) is 39.8 Å². The average Bonchev–Trinajstić information content (AvgIpc) is 3.04. The van der Waals surface area contributed by atoms with Crippen molar-refractivity contribution in [1.82, 2.24) is 5.27 Å². The Morgan fingerprint density at radius 2 is 2.11 bits per heavy atom. The normalized spacial score (nSPS) is 11.1. The molecular weight excluding hydrogens is 379 g/mol. The van der Waals surface area contributed by atoms with Crippen molar-refractivity contribution in [3.63, 3.8) is 0 Å². The summed E-state index contributed by atoms with van der Waals surface area (Å²) < 4.78 is 24.1. The van der Waals surface area contributed by atoms with Crippen LogP contribution in [0.2, 0.25) is 5.02 Å². The Kier molecular flexibility index (Phi) is 5.09. The number of phenols is 1. The fraction of sp³-hybridized carbons (Fsp3) is 0.0556. The first-order chi connectivity index (χ1) is 12.9. The number of methoxy groups -OCH3 is 1. The van der Waals surface area contributed by atoms with E-state index >= 15 is 0 Å². The SMILES string of the molecule is COc1cc(/C=C/C(=O)c2c(=O)o[nH][n+]2-c2ccc(F)c(Cl)c2)ccc1O. The maximum Gasteiger partial charge on any atom is 0.439 e. The number of halogens is 2. The van der Waals surface area contributed by atoms with Crippen LogP contribution in [0, 0.1) is 5.82 Å². The lowest BCUT2D eigenvalue weighted by Gasteiger charge is -2.03. The molecule has 0 radical (unpaired) electrons. The van der Waals surface area contributed by atoms with Crippen LogP contribution in [0.4, 0.5) is 4.39 Å². The number of rotatable bonds is 5. The minimum absolute atomic E-state index is 0.0433. The number of hydrogen-bond donors (Lipinski definition) is 2. The van der Waals surface area contributed by atoms with Gasteiger partial charge in [-0.2, -0.15) is 0 Å². The van der Waals surface area contributed by atoms with Crippen LogP contribution < -0.4 is 15.0 Å². The van der Waals surface area contributed by atoms with Crippen LogP contribution in [0.15, 0.2) is 51.8 Å². The van der Waals surface area contributed by atoms with E-state index in [0.717, 1.165) is 16.8 Å². The van der Waals surface area contributed by atoms with Crippen molar-refractivity contribution in [2.45, 2.75) is 0 Å². The molecular formula is C18H13ClFN2O5+. The Bertz CT molecular complexity index is 1100. The van der Waals surface area contributed by atoms with Gasteiger partial charge in [0.1, 0.15) is 5.82 Å². The number of H-pyrrole nitrogens is 1. The van der Waals surface area contributed by atoms with Crippen LogP contribution in [0.25, 0.3) is 11.8 Å². The Morgan fingerprint density at radius 1 is 1.33 bits per heavy atom. The molecule has 0 aliphatic rings. The lowest BCUT2D eigenvalue weighted by atomic mass is 10.1. The molecule has 1 aromatic heterocycles. The van der Waals surface area contributed by atoms with Crippen LogP contribution >= 0.6 is 11.6 Å². The molecule has 0 saturated heterocycles. The zero-order chi connectivity index (χ0) is 19.6. The number of aromatic nitrogens is 2. The standard InChI is InChI=1S/C18H12ClFN2O5/c1-26-16-8-10(2-6-14(16)23)3-7-15(24)17-18(25)27-21-22(17)11-4-5-13(20)12(19)9-11/h2-9H,1H3,(H-,21,23,24,25)/p+1. The molecule has 0 spiro atoms. The monoisotopic (exact) mass is 391 g/mol. The number of nitrogens with one attached hydrogen (secondary N) is 1. The zero-order valence-electron chi connectivity index (χ0n) is 13.9. The van der Waals surface area contributed by atoms with Crippen molar-refractivity contribution in [3.05, 3.63) is 75.0 Å². The molecule has 3 rings (SSSR count). The molecule has 0 fully saturated rings. The number of ether oxygens (including phenoxy) is 1. The molecule has 0 atom stereocenters. The predicted octanol–water partition coefficient (Wildman–Crippen LogP) is 2.65. The van der Waals surface area contributed by atoms with Gasteiger partial charge in [-0.1, -0.05) is 23.7 Å². The number of aromatic hydroxyl groups is 1. The Balaban J connectivity index is 1.95. The highest BCUT2D eigenvalue weighted by Crippen LogP contribution is 2.26. The van der Waals surface area contributed by atoms with E-state index in [1.807, 2.05) is 0 Å². The highest BCUT2D eigenvalue weighted by atomic mass is 35.5. The fourth-order valence-corrected chi connectivity index (χ4v) is 2.51. The molecule has 0 aliphatic carbocycles. The van der Waals surface area contributed by atoms with Gasteiger partial charge in [-0.3, -0.25) is 9.32 Å². The summed E-state index contributed by atoms with van der Waals surface area (Å²) in [6.07, 6.45) is 2.60. The first-order valence-electron chi connectivity index (χ1n) is 7.59. The van der Waals surface area contributed by atoms with E-state index < -0.39 is 17.2 Å². The summed E-state index contributed by atoms with van der Waals surface area (Å²) in [6, 6.07) is 8.17. The fourth-order valence-electron chi connectivity index (χ4n) is 2.34. The van der Waals surface area contributed by atoms with E-state index in [9.17, 15) is 19.1 Å². The lowest BCUT2D eigenvalue weighted by Crippen LogP contribution is -2.40. The van der Waals surface area contributed by atoms with Crippen LogP contribution in [0.1, 0.15) is 16.1 Å². The van der Waals surface area contributed by atoms with Crippen LogP contribution in [0.3, 0.4) is 0 Å². The van der Waals surface area contributed by atoms with E-state index in [2.05, 4.69) is 9.79 Å². The maximum absolute atomic E-state index is 13.3. The first-order valence-corrected chi connectivity index (χ1v) is 7.97. The highest BCUT2D eigenvalue weighted by molar-refractivity contribution is 6.30. The summed E-state index contributed by atoms with van der Waals surface area (Å²) >= 11 is 5.74. The number of ketones is 1. The van der Waals surface area contributed by atoms with Crippen molar-refractivity contribution < 1.29 is 28.2 Å². The second kappa shape index (κ2) is 7.46. The van der Waals surface area contributed by atoms with Crippen LogP contribution in [-0.4, -0.2) is 23.3 Å². The number of hydrogen-bond acceptors (Lipinski definition) is 5. The van der Waals surface area contributed by atoms with Gasteiger partial charge in [-0.25, -0.2) is 9.18 Å². The highest BCUT2D eigenvalue weighted by Gasteiger charge is 2.29. The van der Waals surface area contributed by atoms with Crippen LogP contribution in [-0.2, 0) is 0 Å². The third kappa shape index (κ3) is 3.75. The van der Waals surface area contributed by atoms with Gasteiger partial charge in [0.15, 0.2) is 11.5 Å². The molecule has 27 heavy (non-hydrogen) atoms. The first kappa shape index (κ1) is 18.4. The van der Waals surface area contributed by atoms with Crippen molar-refractivity contribution in [1.29, 1.82) is 0 Å². The Hall–Kier alpha value is -3.39. The number of allylic oxidation sites excluding steroid dienone is 1. The largest absolute Gasteiger partial charge is 0.504 e. The molecule has 9 heteroatoms. The molecule has 3 aromatic rings. The van der Waals surface area contributed by atoms with Gasteiger partial charge in [-0.15, -0.1) is 0 Å². The quantitative estimate of drug-likeness (QED) is 0.396. The lowest BCUT2D eigenvalue weighted by molar-refractivity contribution is -0.672. The number of carbonyl (C=O) groups is 1. The molecule has 0 saturated carbocycles. The number of aromatic amines is 1. The van der Waals surface area contributed by atoms with Gasteiger partial charge < -0.3 is 9.84 Å². The molecule has 1 heterocycles. The van der Waals surface area contributed by atoms with Crippen LogP contribution in [0.5, 0.6) is 11.5 Å². The van der Waals surface area contributed by atoms with E-state index in [-0.39, 0.29) is 27.9 Å². The second-order valence-corrected chi connectivity index (χ2v) is 5.80. The number of nitrogens with zero attached hydrogens (tertiary/aromatic N) is 1. The number of benzene rings is 2. The molecule has 2 N–H and O–H groups in total. The van der Waals surface area contributed by atoms with Gasteiger partial charge >= 0.3 is 11.3 Å². The summed E-state index contributed by atoms with van der Waals surface area (Å²) in [5.74, 6) is -1.10. The number of phenolic OH excluding ortho intramolecular Hbond substituents is 1. The summed E-state index contributed by atoms with van der Waals surface area (Å²) in [5, 5.41) is 11.7. The maximum atomic E-state index is 13.3. The van der Waals surface area contributed by atoms with E-state index in [1.165, 1.54) is 37.5 Å². The van der Waals surface area contributed by atoms with E-state index in [1.54, 1.807) is 6.07 Å². The second-order valence-electron chi connectivity index (χ2n) is 5.39. The molecule has 0 aliphatic heterocycles. The summed E-state index contributed by atoms with van der Waals surface area (Å²) in [7, 11) is 1.40. The van der Waals surface area contributed by atoms with Crippen molar-refractivity contribution >= 4 is 23.5 Å². The van der Waals surface area contributed by atoms with Gasteiger partial charge in [0.25, 0.3) is 5.78 Å². The topological polar surface area (TPSA) is 96.4 Å². The Morgan fingerprint density at radius 3 is 2.81 bits per heavy atom. The zero-order valence-corrected chi connectivity index (χ0v) is 14.7. The molecule has 0 unspecified atom stereocenters. The van der Waals surface area contributed by atoms with Gasteiger partial charge in [0.05, 0.1) is 12.1 Å². The van der Waals surface area contributed by atoms with E-state index in [4.69, 9.17) is 16.3 Å². The third-order valence-electron chi connectivity index (χ3n) is 3.67. The summed E-state index contributed by atoms with van der Waals surface area (Å²) in [6.45, 7) is 0. The molecule has 0 bridgehead atoms. The molecule has 7 nitrogen and oxygen atoms in total. The van der Waals surface area contributed by atoms with Crippen molar-refractivity contribution in [2.24, 2.45) is 0 Å². The summed E-state index contributed by atoms with van der Waals surface area (Å²) in [5.41, 5.74) is -0.405. The molecule has 2 aromatic carbocycles. The molecule has 0 amide bonds. The molecule has 138 valence electrons. The van der Waals surface area contributed by atoms with E-state index in [0.29, 0.717) is 5.56 Å². The smallest absolute Gasteiger partial charge is 0.439 e. The van der Waals surface area contributed by atoms with Crippen molar-refractivity contribution in [3.8, 4) is 17.2 Å². The number of carbonyl (C=O) groups excluding carboxylic acids is 1. The van der Waals surface area contributed by atoms with Crippen molar-refractivity contribution in [2.75, 3.05) is 7.11 Å². The third-order valence-corrected chi connectivity index (χ3v) is 3.96. The minimum Gasteiger partial charge on any atom is -0.504 e. The average molecular weight is 392 g/mol. The minimum atomic E-state index is -0.895. The predicted molar refractivity (Wildman–Crippen MR) is 93.9 cm³/mol. The van der Waals surface area contributed by atoms with Gasteiger partial charge in [0.2, 0.25) is 5.69 Å². The Labute approximate surface area is 156 Å². The summed E-state index contributed by atoms with van der Waals surface area (Å²) in [4.78, 5) is 24.4. The van der Waals surface area contributed by atoms with Gasteiger partial charge in [0, 0.05) is 12.1 Å².